The quantitative estimate of drug-likeness (QED) is 0.262. The lowest BCUT2D eigenvalue weighted by molar-refractivity contribution is 0.600. The van der Waals surface area contributed by atoms with Crippen molar-refractivity contribution < 1.29 is 0 Å². The Balaban J connectivity index is 1.58. The second-order valence-electron chi connectivity index (χ2n) is 7.38. The summed E-state index contributed by atoms with van der Waals surface area (Å²) < 4.78 is 0. The summed E-state index contributed by atoms with van der Waals surface area (Å²) in [5.74, 6) is 2.31. The lowest BCUT2D eigenvalue weighted by Crippen LogP contribution is -2.06. The van der Waals surface area contributed by atoms with Gasteiger partial charge in [-0.3, -0.25) is 0 Å². The standard InChI is InChI=1S/C25H32S/c1-3-5-6-7-20-8-10-21(11-9-20)22-12-14-23(15-13-22)24-16-18-25(19-17-24)26-4-2/h8-12,14,16-19,22-23H,3-7,13,15H2,1-2H3. The van der Waals surface area contributed by atoms with Gasteiger partial charge in [-0.2, -0.15) is 0 Å². The van der Waals surface area contributed by atoms with Crippen molar-refractivity contribution in [2.75, 3.05) is 5.75 Å². The fourth-order valence-electron chi connectivity index (χ4n) is 3.86. The zero-order valence-electron chi connectivity index (χ0n) is 16.3. The van der Waals surface area contributed by atoms with E-state index in [0.717, 1.165) is 5.75 Å². The highest BCUT2D eigenvalue weighted by atomic mass is 32.2. The summed E-state index contributed by atoms with van der Waals surface area (Å²) in [5.41, 5.74) is 4.44. The van der Waals surface area contributed by atoms with Crippen molar-refractivity contribution in [1.29, 1.82) is 0 Å². The first kappa shape index (κ1) is 19.3. The van der Waals surface area contributed by atoms with Gasteiger partial charge in [0.25, 0.3) is 0 Å². The highest BCUT2D eigenvalue weighted by Crippen LogP contribution is 2.36. The van der Waals surface area contributed by atoms with E-state index in [2.05, 4.69) is 74.5 Å². The molecule has 2 unspecified atom stereocenters. The molecule has 138 valence electrons. The number of benzene rings is 2. The Bertz CT molecular complexity index is 681. The smallest absolute Gasteiger partial charge is 0.00720 e. The molecule has 2 aromatic carbocycles. The maximum atomic E-state index is 2.44. The Morgan fingerprint density at radius 3 is 1.85 bits per heavy atom. The minimum Gasteiger partial charge on any atom is -0.126 e. The van der Waals surface area contributed by atoms with Crippen LogP contribution in [0.1, 0.15) is 74.5 Å². The molecule has 0 amide bonds. The molecule has 0 saturated heterocycles. The van der Waals surface area contributed by atoms with Gasteiger partial charge in [0, 0.05) is 16.7 Å². The van der Waals surface area contributed by atoms with Crippen LogP contribution in [0.4, 0.5) is 0 Å². The van der Waals surface area contributed by atoms with Gasteiger partial charge < -0.3 is 0 Å². The summed E-state index contributed by atoms with van der Waals surface area (Å²) in [6.07, 6.45) is 12.6. The number of rotatable bonds is 8. The van der Waals surface area contributed by atoms with E-state index in [-0.39, 0.29) is 0 Å². The molecule has 0 aliphatic heterocycles. The van der Waals surface area contributed by atoms with Crippen LogP contribution in [0.3, 0.4) is 0 Å². The highest BCUT2D eigenvalue weighted by Gasteiger charge is 2.18. The van der Waals surface area contributed by atoms with Gasteiger partial charge in [0.2, 0.25) is 0 Å². The Morgan fingerprint density at radius 2 is 1.35 bits per heavy atom. The van der Waals surface area contributed by atoms with Gasteiger partial charge in [-0.25, -0.2) is 0 Å². The van der Waals surface area contributed by atoms with Crippen molar-refractivity contribution in [3.05, 3.63) is 77.4 Å². The molecule has 0 fully saturated rings. The predicted octanol–water partition coefficient (Wildman–Crippen LogP) is 7.75. The topological polar surface area (TPSA) is 0 Å². The summed E-state index contributed by atoms with van der Waals surface area (Å²) in [5, 5.41) is 0. The molecule has 0 spiro atoms. The van der Waals surface area contributed by atoms with Crippen LogP contribution in [0.25, 0.3) is 0 Å². The maximum absolute atomic E-state index is 2.44. The Morgan fingerprint density at radius 1 is 0.769 bits per heavy atom. The molecule has 2 atom stereocenters. The minimum atomic E-state index is 0.584. The first-order chi connectivity index (χ1) is 12.8. The maximum Gasteiger partial charge on any atom is 0.00720 e. The summed E-state index contributed by atoms with van der Waals surface area (Å²) in [6.45, 7) is 4.48. The SMILES string of the molecule is CCCCCc1ccc(C2C=CC(c3ccc(SCC)cc3)CC2)cc1. The summed E-state index contributed by atoms with van der Waals surface area (Å²) >= 11 is 1.92. The van der Waals surface area contributed by atoms with E-state index in [0.29, 0.717) is 11.8 Å². The predicted molar refractivity (Wildman–Crippen MR) is 116 cm³/mol. The molecule has 0 heterocycles. The second kappa shape index (κ2) is 10.0. The summed E-state index contributed by atoms with van der Waals surface area (Å²) in [4.78, 5) is 1.38. The zero-order valence-corrected chi connectivity index (χ0v) is 17.1. The van der Waals surface area contributed by atoms with Gasteiger partial charge in [0.15, 0.2) is 0 Å². The van der Waals surface area contributed by atoms with Gasteiger partial charge in [-0.05, 0) is 60.3 Å². The largest absolute Gasteiger partial charge is 0.126 e. The number of aryl methyl sites for hydroxylation is 1. The van der Waals surface area contributed by atoms with Gasteiger partial charge in [-0.1, -0.05) is 75.2 Å². The Labute approximate surface area is 164 Å². The Kier molecular flexibility index (Phi) is 7.43. The van der Waals surface area contributed by atoms with Crippen molar-refractivity contribution in [1.82, 2.24) is 0 Å². The van der Waals surface area contributed by atoms with Gasteiger partial charge in [-0.15, -0.1) is 11.8 Å². The van der Waals surface area contributed by atoms with Crippen molar-refractivity contribution >= 4 is 11.8 Å². The number of hydrogen-bond acceptors (Lipinski definition) is 1. The third kappa shape index (κ3) is 5.27. The van der Waals surface area contributed by atoms with E-state index in [1.807, 2.05) is 11.8 Å². The fourth-order valence-corrected chi connectivity index (χ4v) is 4.53. The van der Waals surface area contributed by atoms with E-state index < -0.39 is 0 Å². The van der Waals surface area contributed by atoms with Crippen LogP contribution in [-0.4, -0.2) is 5.75 Å². The monoisotopic (exact) mass is 364 g/mol. The molecular weight excluding hydrogens is 332 g/mol. The molecule has 1 heteroatoms. The number of hydrogen-bond donors (Lipinski definition) is 0. The van der Waals surface area contributed by atoms with Crippen molar-refractivity contribution in [2.24, 2.45) is 0 Å². The molecular formula is C25H32S. The fraction of sp³-hybridized carbons (Fsp3) is 0.440. The molecule has 3 rings (SSSR count). The molecule has 0 saturated carbocycles. The van der Waals surface area contributed by atoms with Gasteiger partial charge in [0.1, 0.15) is 0 Å². The molecule has 0 radical (unpaired) electrons. The van der Waals surface area contributed by atoms with Crippen LogP contribution in [0.2, 0.25) is 0 Å². The van der Waals surface area contributed by atoms with Crippen molar-refractivity contribution in [3.8, 4) is 0 Å². The zero-order chi connectivity index (χ0) is 18.2. The molecule has 1 aliphatic carbocycles. The highest BCUT2D eigenvalue weighted by molar-refractivity contribution is 7.99. The first-order valence-corrected chi connectivity index (χ1v) is 11.3. The van der Waals surface area contributed by atoms with Crippen molar-refractivity contribution in [2.45, 2.75) is 69.1 Å². The molecule has 0 bridgehead atoms. The molecule has 0 nitrogen and oxygen atoms in total. The first-order valence-electron chi connectivity index (χ1n) is 10.3. The number of allylic oxidation sites excluding steroid dienone is 2. The summed E-state index contributed by atoms with van der Waals surface area (Å²) in [7, 11) is 0. The van der Waals surface area contributed by atoms with Gasteiger partial charge >= 0.3 is 0 Å². The third-order valence-corrected chi connectivity index (χ3v) is 6.35. The third-order valence-electron chi connectivity index (χ3n) is 5.46. The molecule has 1 aliphatic rings. The second-order valence-corrected chi connectivity index (χ2v) is 8.71. The average molecular weight is 365 g/mol. The number of thioether (sulfide) groups is 1. The molecule has 0 aromatic heterocycles. The van der Waals surface area contributed by atoms with Gasteiger partial charge in [0.05, 0.1) is 0 Å². The molecule has 0 N–H and O–H groups in total. The van der Waals surface area contributed by atoms with Crippen LogP contribution in [0.5, 0.6) is 0 Å². The lowest BCUT2D eigenvalue weighted by Gasteiger charge is -2.24. The van der Waals surface area contributed by atoms with Crippen molar-refractivity contribution in [3.63, 3.8) is 0 Å². The van der Waals surface area contributed by atoms with Crippen LogP contribution in [0.15, 0.2) is 65.6 Å². The lowest BCUT2D eigenvalue weighted by atomic mass is 9.81. The van der Waals surface area contributed by atoms with E-state index in [1.165, 1.54) is 60.1 Å². The van der Waals surface area contributed by atoms with Crippen LogP contribution >= 0.6 is 11.8 Å². The minimum absolute atomic E-state index is 0.584. The summed E-state index contributed by atoms with van der Waals surface area (Å²) in [6, 6.07) is 18.6. The number of unbranched alkanes of at least 4 members (excludes halogenated alkanes) is 2. The molecule has 26 heavy (non-hydrogen) atoms. The van der Waals surface area contributed by atoms with Crippen LogP contribution in [0, 0.1) is 0 Å². The van der Waals surface area contributed by atoms with E-state index >= 15 is 0 Å². The van der Waals surface area contributed by atoms with E-state index in [9.17, 15) is 0 Å². The van der Waals surface area contributed by atoms with E-state index in [1.54, 1.807) is 0 Å². The van der Waals surface area contributed by atoms with Crippen LogP contribution < -0.4 is 0 Å². The normalized spacial score (nSPS) is 19.6. The van der Waals surface area contributed by atoms with E-state index in [4.69, 9.17) is 0 Å². The molecule has 2 aromatic rings. The average Bonchev–Trinajstić information content (AvgIpc) is 2.70. The Hall–Kier alpha value is -1.47. The van der Waals surface area contributed by atoms with Crippen LogP contribution in [-0.2, 0) is 6.42 Å².